The Bertz CT molecular complexity index is 157. The van der Waals surface area contributed by atoms with E-state index in [-0.39, 0.29) is 5.91 Å². The van der Waals surface area contributed by atoms with E-state index in [1.807, 2.05) is 6.92 Å². The lowest BCUT2D eigenvalue weighted by molar-refractivity contribution is -0.129. The van der Waals surface area contributed by atoms with E-state index in [2.05, 4.69) is 12.2 Å². The van der Waals surface area contributed by atoms with Crippen LogP contribution in [0.15, 0.2) is 0 Å². The molecule has 1 atom stereocenters. The highest BCUT2D eigenvalue weighted by molar-refractivity contribution is 5.91. The predicted octanol–water partition coefficient (Wildman–Crippen LogP) is 1.52. The van der Waals surface area contributed by atoms with Gasteiger partial charge in [0, 0.05) is 6.54 Å². The number of hydrogen-bond acceptors (Lipinski definition) is 2. The maximum Gasteiger partial charge on any atom is 0.230 e. The third-order valence-electron chi connectivity index (χ3n) is 1.97. The van der Waals surface area contributed by atoms with Crippen LogP contribution in [0.5, 0.6) is 0 Å². The topological polar surface area (TPSA) is 46.2 Å². The number of unbranched alkanes of at least 4 members (excludes halogenated alkanes) is 2. The summed E-state index contributed by atoms with van der Waals surface area (Å²) in [4.78, 5) is 21.8. The van der Waals surface area contributed by atoms with E-state index in [1.165, 1.54) is 0 Å². The highest BCUT2D eigenvalue weighted by Gasteiger charge is 2.15. The van der Waals surface area contributed by atoms with Gasteiger partial charge in [-0.15, -0.1) is 0 Å². The number of amides is 1. The molecule has 1 N–H and O–H groups in total. The third-order valence-corrected chi connectivity index (χ3v) is 1.97. The van der Waals surface area contributed by atoms with Crippen LogP contribution < -0.4 is 5.32 Å². The summed E-state index contributed by atoms with van der Waals surface area (Å²) in [5, 5.41) is 2.65. The molecule has 0 aromatic heterocycles. The molecule has 3 nitrogen and oxygen atoms in total. The van der Waals surface area contributed by atoms with E-state index in [1.54, 1.807) is 0 Å². The maximum atomic E-state index is 11.2. The van der Waals surface area contributed by atoms with Crippen LogP contribution in [0.25, 0.3) is 0 Å². The molecule has 0 aliphatic rings. The van der Waals surface area contributed by atoms with E-state index in [0.29, 0.717) is 13.0 Å². The van der Waals surface area contributed by atoms with Crippen molar-refractivity contribution in [3.8, 4) is 0 Å². The van der Waals surface area contributed by atoms with Crippen molar-refractivity contribution in [1.29, 1.82) is 0 Å². The molecule has 0 aromatic carbocycles. The number of aldehydes is 1. The average molecular weight is 185 g/mol. The Morgan fingerprint density at radius 1 is 1.38 bits per heavy atom. The van der Waals surface area contributed by atoms with Crippen LogP contribution >= 0.6 is 0 Å². The highest BCUT2D eigenvalue weighted by Crippen LogP contribution is 2.07. The molecule has 3 heteroatoms. The smallest absolute Gasteiger partial charge is 0.230 e. The van der Waals surface area contributed by atoms with Crippen molar-refractivity contribution in [3.63, 3.8) is 0 Å². The molecule has 13 heavy (non-hydrogen) atoms. The molecule has 1 unspecified atom stereocenters. The van der Waals surface area contributed by atoms with Gasteiger partial charge in [0.15, 0.2) is 0 Å². The molecule has 1 amide bonds. The van der Waals surface area contributed by atoms with Gasteiger partial charge in [-0.25, -0.2) is 0 Å². The first kappa shape index (κ1) is 12.1. The zero-order valence-electron chi connectivity index (χ0n) is 8.51. The molecule has 0 aliphatic heterocycles. The summed E-state index contributed by atoms with van der Waals surface area (Å²) in [6.45, 7) is 4.55. The summed E-state index contributed by atoms with van der Waals surface area (Å²) in [7, 11) is 0. The molecule has 0 aromatic rings. The van der Waals surface area contributed by atoms with Crippen molar-refractivity contribution >= 4 is 12.2 Å². The van der Waals surface area contributed by atoms with Gasteiger partial charge in [0.05, 0.1) is 5.92 Å². The summed E-state index contributed by atoms with van der Waals surface area (Å²) >= 11 is 0. The summed E-state index contributed by atoms with van der Waals surface area (Å²) < 4.78 is 0. The van der Waals surface area contributed by atoms with Crippen LogP contribution in [-0.4, -0.2) is 18.7 Å². The number of nitrogens with one attached hydrogen (secondary N) is 1. The Hall–Kier alpha value is -0.860. The maximum absolute atomic E-state index is 11.2. The minimum atomic E-state index is -0.438. The zero-order chi connectivity index (χ0) is 10.1. The minimum Gasteiger partial charge on any atom is -0.356 e. The van der Waals surface area contributed by atoms with Gasteiger partial charge in [-0.2, -0.15) is 0 Å². The third kappa shape index (κ3) is 5.39. The largest absolute Gasteiger partial charge is 0.356 e. The quantitative estimate of drug-likeness (QED) is 0.371. The Morgan fingerprint density at radius 3 is 2.54 bits per heavy atom. The minimum absolute atomic E-state index is 0.131. The Balaban J connectivity index is 3.73. The normalized spacial score (nSPS) is 12.2. The molecule has 0 heterocycles. The van der Waals surface area contributed by atoms with Crippen LogP contribution in [-0.2, 0) is 9.59 Å². The first-order chi connectivity index (χ1) is 6.26. The summed E-state index contributed by atoms with van der Waals surface area (Å²) in [6, 6.07) is 0. The van der Waals surface area contributed by atoms with Crippen LogP contribution in [0, 0.1) is 5.92 Å². The van der Waals surface area contributed by atoms with Gasteiger partial charge in [0.1, 0.15) is 6.29 Å². The molecule has 0 saturated carbocycles. The molecule has 0 rings (SSSR count). The molecular formula is C10H19NO2. The fraction of sp³-hybridized carbons (Fsp3) is 0.800. The Morgan fingerprint density at radius 2 is 2.08 bits per heavy atom. The monoisotopic (exact) mass is 185 g/mol. The van der Waals surface area contributed by atoms with Crippen molar-refractivity contribution in [2.45, 2.75) is 39.5 Å². The predicted molar refractivity (Wildman–Crippen MR) is 52.4 cm³/mol. The summed E-state index contributed by atoms with van der Waals surface area (Å²) in [5.41, 5.74) is 0. The number of carbonyl (C=O) groups is 2. The first-order valence-corrected chi connectivity index (χ1v) is 4.99. The van der Waals surface area contributed by atoms with Crippen molar-refractivity contribution in [3.05, 3.63) is 0 Å². The van der Waals surface area contributed by atoms with Gasteiger partial charge in [0.25, 0.3) is 0 Å². The van der Waals surface area contributed by atoms with Crippen LogP contribution in [0.2, 0.25) is 0 Å². The van der Waals surface area contributed by atoms with Crippen LogP contribution in [0.4, 0.5) is 0 Å². The Kier molecular flexibility index (Phi) is 7.26. The van der Waals surface area contributed by atoms with Crippen LogP contribution in [0.1, 0.15) is 39.5 Å². The van der Waals surface area contributed by atoms with E-state index >= 15 is 0 Å². The molecule has 0 spiro atoms. The average Bonchev–Trinajstić information content (AvgIpc) is 2.13. The van der Waals surface area contributed by atoms with Crippen molar-refractivity contribution < 1.29 is 9.59 Å². The lowest BCUT2D eigenvalue weighted by Crippen LogP contribution is -2.31. The van der Waals surface area contributed by atoms with Crippen molar-refractivity contribution in [2.24, 2.45) is 5.92 Å². The van der Waals surface area contributed by atoms with Gasteiger partial charge in [-0.3, -0.25) is 4.79 Å². The second-order valence-electron chi connectivity index (χ2n) is 3.13. The van der Waals surface area contributed by atoms with Gasteiger partial charge in [0.2, 0.25) is 5.91 Å². The molecule has 0 radical (unpaired) electrons. The fourth-order valence-electron chi connectivity index (χ4n) is 1.18. The molecule has 0 bridgehead atoms. The number of rotatable bonds is 7. The number of hydrogen-bond donors (Lipinski definition) is 1. The second kappa shape index (κ2) is 7.77. The number of carbonyl (C=O) groups excluding carboxylic acids is 2. The SMILES string of the molecule is CCCCCC(C=O)C(=O)NCC. The van der Waals surface area contributed by atoms with E-state index in [9.17, 15) is 9.59 Å². The second-order valence-corrected chi connectivity index (χ2v) is 3.13. The summed E-state index contributed by atoms with van der Waals surface area (Å²) in [5.74, 6) is -0.569. The molecule has 76 valence electrons. The van der Waals surface area contributed by atoms with Gasteiger partial charge in [-0.05, 0) is 13.3 Å². The first-order valence-electron chi connectivity index (χ1n) is 4.99. The molecule has 0 saturated heterocycles. The summed E-state index contributed by atoms with van der Waals surface area (Å²) in [6.07, 6.45) is 4.59. The molecule has 0 aliphatic carbocycles. The van der Waals surface area contributed by atoms with E-state index in [4.69, 9.17) is 0 Å². The fourth-order valence-corrected chi connectivity index (χ4v) is 1.18. The van der Waals surface area contributed by atoms with Gasteiger partial charge < -0.3 is 10.1 Å². The molecule has 0 fully saturated rings. The standard InChI is InChI=1S/C10H19NO2/c1-3-5-6-7-9(8-12)10(13)11-4-2/h8-9H,3-7H2,1-2H3,(H,11,13). The Labute approximate surface area is 79.9 Å². The van der Waals surface area contributed by atoms with Crippen LogP contribution in [0.3, 0.4) is 0 Å². The van der Waals surface area contributed by atoms with E-state index < -0.39 is 5.92 Å². The van der Waals surface area contributed by atoms with Crippen molar-refractivity contribution in [2.75, 3.05) is 6.54 Å². The lowest BCUT2D eigenvalue weighted by Gasteiger charge is -2.08. The lowest BCUT2D eigenvalue weighted by atomic mass is 10.0. The highest BCUT2D eigenvalue weighted by atomic mass is 16.2. The van der Waals surface area contributed by atoms with E-state index in [0.717, 1.165) is 25.5 Å². The molecular weight excluding hydrogens is 166 g/mol. The van der Waals surface area contributed by atoms with Gasteiger partial charge in [-0.1, -0.05) is 26.2 Å². The zero-order valence-corrected chi connectivity index (χ0v) is 8.51. The van der Waals surface area contributed by atoms with Crippen molar-refractivity contribution in [1.82, 2.24) is 5.32 Å². The van der Waals surface area contributed by atoms with Gasteiger partial charge >= 0.3 is 0 Å².